The number of unbranched alkanes of at least 4 members (excludes halogenated alkanes) is 5. The molecule has 1 aliphatic carbocycles. The topological polar surface area (TPSA) is 20.2 Å². The van der Waals surface area contributed by atoms with Gasteiger partial charge in [0.25, 0.3) is 0 Å². The molecule has 0 aromatic heterocycles. The van der Waals surface area contributed by atoms with Crippen molar-refractivity contribution in [1.82, 2.24) is 0 Å². The van der Waals surface area contributed by atoms with Gasteiger partial charge in [-0.1, -0.05) is 83.1 Å². The van der Waals surface area contributed by atoms with Crippen molar-refractivity contribution >= 4 is 0 Å². The van der Waals surface area contributed by atoms with Crippen molar-refractivity contribution in [2.24, 2.45) is 5.92 Å². The van der Waals surface area contributed by atoms with Gasteiger partial charge in [0.2, 0.25) is 0 Å². The van der Waals surface area contributed by atoms with Gasteiger partial charge in [-0.2, -0.15) is 0 Å². The average molecular weight is 331 g/mol. The van der Waals surface area contributed by atoms with E-state index in [9.17, 15) is 5.11 Å². The monoisotopic (exact) mass is 330 g/mol. The molecule has 1 heteroatoms. The summed E-state index contributed by atoms with van der Waals surface area (Å²) in [7, 11) is 0. The van der Waals surface area contributed by atoms with Crippen LogP contribution in [-0.4, -0.2) is 5.11 Å². The molecule has 1 fully saturated rings. The van der Waals surface area contributed by atoms with E-state index in [1.54, 1.807) is 0 Å². The van der Waals surface area contributed by atoms with Crippen LogP contribution >= 0.6 is 0 Å². The molecule has 0 amide bonds. The molecule has 0 saturated heterocycles. The highest BCUT2D eigenvalue weighted by molar-refractivity contribution is 5.27. The molecule has 0 radical (unpaired) electrons. The van der Waals surface area contributed by atoms with E-state index in [2.05, 4.69) is 31.2 Å². The third-order valence-electron chi connectivity index (χ3n) is 5.99. The maximum atomic E-state index is 9.92. The van der Waals surface area contributed by atoms with E-state index in [0.29, 0.717) is 0 Å². The molecule has 2 rings (SSSR count). The van der Waals surface area contributed by atoms with Crippen LogP contribution in [0.3, 0.4) is 0 Å². The Hall–Kier alpha value is -0.820. The van der Waals surface area contributed by atoms with Crippen molar-refractivity contribution in [2.75, 3.05) is 0 Å². The van der Waals surface area contributed by atoms with E-state index in [0.717, 1.165) is 23.8 Å². The van der Waals surface area contributed by atoms with Gasteiger partial charge in [0.15, 0.2) is 0 Å². The van der Waals surface area contributed by atoms with Gasteiger partial charge >= 0.3 is 0 Å². The number of aliphatic hydroxyl groups is 1. The normalized spacial score (nSPS) is 22.5. The van der Waals surface area contributed by atoms with Gasteiger partial charge in [-0.3, -0.25) is 0 Å². The van der Waals surface area contributed by atoms with Gasteiger partial charge < -0.3 is 5.11 Å². The highest BCUT2D eigenvalue weighted by Crippen LogP contribution is 2.38. The number of hydrogen-bond acceptors (Lipinski definition) is 1. The zero-order valence-electron chi connectivity index (χ0n) is 16.0. The molecule has 1 N–H and O–H groups in total. The predicted molar refractivity (Wildman–Crippen MR) is 104 cm³/mol. The minimum absolute atomic E-state index is 0.299. The van der Waals surface area contributed by atoms with Crippen LogP contribution in [0.25, 0.3) is 0 Å². The lowest BCUT2D eigenvalue weighted by Gasteiger charge is -2.29. The van der Waals surface area contributed by atoms with Crippen LogP contribution < -0.4 is 0 Å². The minimum atomic E-state index is -0.299. The largest absolute Gasteiger partial charge is 0.388 e. The Morgan fingerprint density at radius 3 is 2.12 bits per heavy atom. The molecule has 0 heterocycles. The highest BCUT2D eigenvalue weighted by Gasteiger charge is 2.22. The van der Waals surface area contributed by atoms with E-state index in [1.165, 1.54) is 76.2 Å². The van der Waals surface area contributed by atoms with Gasteiger partial charge in [0, 0.05) is 0 Å². The smallest absolute Gasteiger partial charge is 0.0787 e. The number of benzene rings is 1. The highest BCUT2D eigenvalue weighted by atomic mass is 16.3. The molecule has 24 heavy (non-hydrogen) atoms. The molecule has 0 aliphatic heterocycles. The summed E-state index contributed by atoms with van der Waals surface area (Å²) in [5.74, 6) is 1.73. The van der Waals surface area contributed by atoms with E-state index >= 15 is 0 Å². The first-order valence-corrected chi connectivity index (χ1v) is 10.5. The van der Waals surface area contributed by atoms with Crippen LogP contribution in [-0.2, 0) is 0 Å². The second-order valence-electron chi connectivity index (χ2n) is 7.86. The zero-order valence-corrected chi connectivity index (χ0v) is 16.0. The molecular formula is C23H38O. The molecule has 1 aliphatic rings. The lowest BCUT2D eigenvalue weighted by Crippen LogP contribution is -2.13. The Kier molecular flexibility index (Phi) is 8.88. The Balaban J connectivity index is 1.67. The second kappa shape index (κ2) is 10.9. The van der Waals surface area contributed by atoms with Crippen LogP contribution in [0.15, 0.2) is 24.3 Å². The molecule has 0 spiro atoms. The van der Waals surface area contributed by atoms with E-state index in [-0.39, 0.29) is 6.10 Å². The predicted octanol–water partition coefficient (Wildman–Crippen LogP) is 7.15. The Labute approximate surface area is 149 Å². The quantitative estimate of drug-likeness (QED) is 0.451. The first kappa shape index (κ1) is 19.5. The van der Waals surface area contributed by atoms with Crippen molar-refractivity contribution in [1.29, 1.82) is 0 Å². The molecule has 1 nitrogen and oxygen atoms in total. The standard InChI is InChI=1S/C23H38O/c1-3-5-6-7-8-9-10-19-11-13-20(14-12-19)21-15-17-22(18-16-21)23(24)4-2/h15-20,23-24H,3-14H2,1-2H3. The Morgan fingerprint density at radius 2 is 1.50 bits per heavy atom. The fourth-order valence-electron chi connectivity index (χ4n) is 4.22. The second-order valence-corrected chi connectivity index (χ2v) is 7.86. The summed E-state index contributed by atoms with van der Waals surface area (Å²) in [4.78, 5) is 0. The van der Waals surface area contributed by atoms with Gasteiger partial charge in [-0.15, -0.1) is 0 Å². The molecule has 1 atom stereocenters. The first-order valence-electron chi connectivity index (χ1n) is 10.5. The molecule has 1 aromatic rings. The molecular weight excluding hydrogens is 292 g/mol. The third-order valence-corrected chi connectivity index (χ3v) is 5.99. The van der Waals surface area contributed by atoms with Crippen molar-refractivity contribution < 1.29 is 5.11 Å². The molecule has 0 bridgehead atoms. The van der Waals surface area contributed by atoms with Crippen molar-refractivity contribution in [2.45, 2.75) is 103 Å². The molecule has 1 aromatic carbocycles. The van der Waals surface area contributed by atoms with E-state index in [4.69, 9.17) is 0 Å². The summed E-state index contributed by atoms with van der Waals surface area (Å²) in [6.45, 7) is 4.32. The molecule has 1 unspecified atom stereocenters. The zero-order chi connectivity index (χ0) is 17.2. The summed E-state index contributed by atoms with van der Waals surface area (Å²) >= 11 is 0. The summed E-state index contributed by atoms with van der Waals surface area (Å²) < 4.78 is 0. The fraction of sp³-hybridized carbons (Fsp3) is 0.739. The Bertz CT molecular complexity index is 428. The Morgan fingerprint density at radius 1 is 0.875 bits per heavy atom. The lowest BCUT2D eigenvalue weighted by atomic mass is 9.77. The van der Waals surface area contributed by atoms with Crippen molar-refractivity contribution in [3.63, 3.8) is 0 Å². The van der Waals surface area contributed by atoms with E-state index in [1.807, 2.05) is 6.92 Å². The minimum Gasteiger partial charge on any atom is -0.388 e. The average Bonchev–Trinajstić information content (AvgIpc) is 2.64. The molecule has 136 valence electrons. The van der Waals surface area contributed by atoms with Crippen LogP contribution in [0.5, 0.6) is 0 Å². The summed E-state index contributed by atoms with van der Waals surface area (Å²) in [5, 5.41) is 9.92. The van der Waals surface area contributed by atoms with Gasteiger partial charge in [-0.25, -0.2) is 0 Å². The lowest BCUT2D eigenvalue weighted by molar-refractivity contribution is 0.173. The summed E-state index contributed by atoms with van der Waals surface area (Å²) in [5.41, 5.74) is 2.55. The first-order chi connectivity index (χ1) is 11.7. The third kappa shape index (κ3) is 6.24. The fourth-order valence-corrected chi connectivity index (χ4v) is 4.22. The van der Waals surface area contributed by atoms with Gasteiger partial charge in [-0.05, 0) is 55.1 Å². The van der Waals surface area contributed by atoms with E-state index < -0.39 is 0 Å². The van der Waals surface area contributed by atoms with Crippen LogP contribution in [0.2, 0.25) is 0 Å². The molecule has 1 saturated carbocycles. The maximum absolute atomic E-state index is 9.92. The van der Waals surface area contributed by atoms with Gasteiger partial charge in [0.1, 0.15) is 0 Å². The number of aliphatic hydroxyl groups excluding tert-OH is 1. The SMILES string of the molecule is CCCCCCCCC1CCC(c2ccc(C(O)CC)cc2)CC1. The maximum Gasteiger partial charge on any atom is 0.0787 e. The summed E-state index contributed by atoms with van der Waals surface area (Å²) in [6, 6.07) is 8.78. The van der Waals surface area contributed by atoms with Gasteiger partial charge in [0.05, 0.1) is 6.10 Å². The summed E-state index contributed by atoms with van der Waals surface area (Å²) in [6.07, 6.45) is 16.0. The number of rotatable bonds is 10. The van der Waals surface area contributed by atoms with Crippen LogP contribution in [0.1, 0.15) is 114 Å². The van der Waals surface area contributed by atoms with Crippen molar-refractivity contribution in [3.05, 3.63) is 35.4 Å². The van der Waals surface area contributed by atoms with Crippen LogP contribution in [0.4, 0.5) is 0 Å². The van der Waals surface area contributed by atoms with Crippen molar-refractivity contribution in [3.8, 4) is 0 Å². The van der Waals surface area contributed by atoms with Crippen LogP contribution in [0, 0.1) is 5.92 Å². The number of hydrogen-bond donors (Lipinski definition) is 1.